The molecule has 1 unspecified atom stereocenters. The fraction of sp³-hybridized carbons (Fsp3) is 0.160. The first kappa shape index (κ1) is 21.8. The van der Waals surface area contributed by atoms with Crippen molar-refractivity contribution in [2.75, 3.05) is 7.11 Å². The number of esters is 1. The van der Waals surface area contributed by atoms with Crippen LogP contribution in [0.2, 0.25) is 0 Å². The molecule has 0 amide bonds. The number of imidazole rings is 1. The second-order valence-electron chi connectivity index (χ2n) is 7.77. The number of halogens is 1. The van der Waals surface area contributed by atoms with Crippen LogP contribution in [0.15, 0.2) is 67.3 Å². The first-order chi connectivity index (χ1) is 16.4. The largest absolute Gasteiger partial charge is 0.484 e. The van der Waals surface area contributed by atoms with Crippen LogP contribution in [0.5, 0.6) is 5.75 Å². The molecular formula is C25H21FN4O3S. The Kier molecular flexibility index (Phi) is 5.62. The topological polar surface area (TPSA) is 70.7 Å². The predicted octanol–water partition coefficient (Wildman–Crippen LogP) is 5.53. The van der Waals surface area contributed by atoms with Gasteiger partial charge in [0.15, 0.2) is 4.88 Å². The van der Waals surface area contributed by atoms with Crippen molar-refractivity contribution in [3.05, 3.63) is 83.5 Å². The molecule has 0 saturated heterocycles. The maximum absolute atomic E-state index is 14.2. The summed E-state index contributed by atoms with van der Waals surface area (Å²) in [5.74, 6) is -0.541. The fourth-order valence-electron chi connectivity index (χ4n) is 3.79. The molecular weight excluding hydrogens is 455 g/mol. The summed E-state index contributed by atoms with van der Waals surface area (Å²) >= 11 is 1.24. The molecule has 0 bridgehead atoms. The lowest BCUT2D eigenvalue weighted by Gasteiger charge is -2.15. The summed E-state index contributed by atoms with van der Waals surface area (Å²) < 4.78 is 28.9. The highest BCUT2D eigenvalue weighted by Crippen LogP contribution is 2.39. The van der Waals surface area contributed by atoms with Crippen molar-refractivity contribution in [3.63, 3.8) is 0 Å². The molecule has 0 saturated carbocycles. The number of carbonyl (C=O) groups excluding carboxylic acids is 1. The number of hydrogen-bond acceptors (Lipinski definition) is 6. The monoisotopic (exact) mass is 476 g/mol. The van der Waals surface area contributed by atoms with E-state index < -0.39 is 12.1 Å². The lowest BCUT2D eigenvalue weighted by atomic mass is 10.1. The van der Waals surface area contributed by atoms with Crippen molar-refractivity contribution in [1.29, 1.82) is 0 Å². The number of aryl methyl sites for hydroxylation is 1. The highest BCUT2D eigenvalue weighted by molar-refractivity contribution is 7.17. The Morgan fingerprint density at radius 3 is 2.71 bits per heavy atom. The van der Waals surface area contributed by atoms with Crippen LogP contribution >= 0.6 is 11.3 Å². The second kappa shape index (κ2) is 8.75. The molecule has 5 aromatic rings. The summed E-state index contributed by atoms with van der Waals surface area (Å²) in [5.41, 5.74) is 3.96. The average Bonchev–Trinajstić information content (AvgIpc) is 3.56. The van der Waals surface area contributed by atoms with Crippen molar-refractivity contribution in [2.45, 2.75) is 13.0 Å². The van der Waals surface area contributed by atoms with E-state index in [1.54, 1.807) is 48.3 Å². The van der Waals surface area contributed by atoms with Gasteiger partial charge in [-0.3, -0.25) is 9.08 Å². The molecule has 0 aliphatic carbocycles. The van der Waals surface area contributed by atoms with Gasteiger partial charge in [-0.15, -0.1) is 11.3 Å². The average molecular weight is 477 g/mol. The normalized spacial score (nSPS) is 12.1. The third-order valence-electron chi connectivity index (χ3n) is 5.52. The van der Waals surface area contributed by atoms with Gasteiger partial charge in [0, 0.05) is 36.6 Å². The lowest BCUT2D eigenvalue weighted by molar-refractivity contribution is 0.0600. The molecule has 0 aliphatic rings. The van der Waals surface area contributed by atoms with E-state index in [1.807, 2.05) is 36.0 Å². The van der Waals surface area contributed by atoms with E-state index in [2.05, 4.69) is 10.1 Å². The number of carbonyl (C=O) groups is 1. The summed E-state index contributed by atoms with van der Waals surface area (Å²) in [5, 5.41) is 4.22. The standard InChI is InChI=1S/C25H21FN4O3S/c1-15(18-6-4-5-7-19(18)26)33-21-11-22(34-24(21)25(31)32-3)20-13-27-23-10-16(8-9-30(20)23)17-12-28-29(2)14-17/h4-15H,1-3H3. The van der Waals surface area contributed by atoms with Gasteiger partial charge in [0.1, 0.15) is 23.3 Å². The zero-order valence-electron chi connectivity index (χ0n) is 18.7. The van der Waals surface area contributed by atoms with Crippen molar-refractivity contribution in [1.82, 2.24) is 19.2 Å². The minimum atomic E-state index is -0.601. The van der Waals surface area contributed by atoms with Crippen LogP contribution in [-0.4, -0.2) is 32.2 Å². The zero-order valence-corrected chi connectivity index (χ0v) is 19.5. The molecule has 4 heterocycles. The SMILES string of the molecule is COC(=O)c1sc(-c2cnc3cc(-c4cnn(C)c4)ccn23)cc1OC(C)c1ccccc1F. The number of hydrogen-bond donors (Lipinski definition) is 0. The Morgan fingerprint density at radius 2 is 1.97 bits per heavy atom. The molecule has 0 N–H and O–H groups in total. The van der Waals surface area contributed by atoms with Gasteiger partial charge in [0.05, 0.1) is 30.1 Å². The third kappa shape index (κ3) is 3.94. The molecule has 0 fully saturated rings. The number of methoxy groups -OCH3 is 1. The third-order valence-corrected chi connectivity index (χ3v) is 6.64. The smallest absolute Gasteiger partial charge is 0.351 e. The summed E-state index contributed by atoms with van der Waals surface area (Å²) in [6.07, 6.45) is 6.83. The Balaban J connectivity index is 1.52. The molecule has 7 nitrogen and oxygen atoms in total. The summed E-state index contributed by atoms with van der Waals surface area (Å²) in [4.78, 5) is 18.1. The van der Waals surface area contributed by atoms with Crippen LogP contribution in [0.3, 0.4) is 0 Å². The van der Waals surface area contributed by atoms with E-state index in [4.69, 9.17) is 9.47 Å². The summed E-state index contributed by atoms with van der Waals surface area (Å²) in [7, 11) is 3.19. The number of thiophene rings is 1. The van der Waals surface area contributed by atoms with Gasteiger partial charge in [0.25, 0.3) is 0 Å². The van der Waals surface area contributed by atoms with Gasteiger partial charge in [-0.25, -0.2) is 14.2 Å². The molecule has 0 spiro atoms. The van der Waals surface area contributed by atoms with Crippen molar-refractivity contribution < 1.29 is 18.7 Å². The number of nitrogens with zero attached hydrogens (tertiary/aromatic N) is 4. The molecule has 0 aliphatic heterocycles. The van der Waals surface area contributed by atoms with E-state index in [9.17, 15) is 9.18 Å². The summed E-state index contributed by atoms with van der Waals surface area (Å²) in [6.45, 7) is 1.74. The molecule has 0 radical (unpaired) electrons. The first-order valence-electron chi connectivity index (χ1n) is 10.5. The van der Waals surface area contributed by atoms with Gasteiger partial charge in [-0.1, -0.05) is 18.2 Å². The van der Waals surface area contributed by atoms with Crippen LogP contribution in [-0.2, 0) is 11.8 Å². The number of aromatic nitrogens is 4. The van der Waals surface area contributed by atoms with Crippen LogP contribution in [0, 0.1) is 5.82 Å². The fourth-order valence-corrected chi connectivity index (χ4v) is 4.81. The number of benzene rings is 1. The minimum absolute atomic E-state index is 0.308. The van der Waals surface area contributed by atoms with Crippen LogP contribution in [0.25, 0.3) is 27.3 Å². The minimum Gasteiger partial charge on any atom is -0.484 e. The van der Waals surface area contributed by atoms with Crippen LogP contribution in [0.4, 0.5) is 4.39 Å². The highest BCUT2D eigenvalue weighted by Gasteiger charge is 2.23. The Morgan fingerprint density at radius 1 is 1.15 bits per heavy atom. The molecule has 5 rings (SSSR count). The first-order valence-corrected chi connectivity index (χ1v) is 11.4. The van der Waals surface area contributed by atoms with Gasteiger partial charge in [0.2, 0.25) is 0 Å². The van der Waals surface area contributed by atoms with E-state index >= 15 is 0 Å². The number of pyridine rings is 1. The van der Waals surface area contributed by atoms with E-state index in [-0.39, 0.29) is 5.82 Å². The van der Waals surface area contributed by atoms with Gasteiger partial charge in [-0.05, 0) is 30.7 Å². The molecule has 34 heavy (non-hydrogen) atoms. The number of fused-ring (bicyclic) bond motifs is 1. The maximum atomic E-state index is 14.2. The lowest BCUT2D eigenvalue weighted by Crippen LogP contribution is -2.08. The van der Waals surface area contributed by atoms with Crippen molar-refractivity contribution >= 4 is 23.0 Å². The predicted molar refractivity (Wildman–Crippen MR) is 127 cm³/mol. The van der Waals surface area contributed by atoms with Crippen molar-refractivity contribution in [2.24, 2.45) is 7.05 Å². The second-order valence-corrected chi connectivity index (χ2v) is 8.82. The van der Waals surface area contributed by atoms with E-state index in [1.165, 1.54) is 24.5 Å². The van der Waals surface area contributed by atoms with E-state index in [0.717, 1.165) is 27.3 Å². The van der Waals surface area contributed by atoms with Gasteiger partial charge < -0.3 is 9.47 Å². The molecule has 1 aromatic carbocycles. The number of rotatable bonds is 6. The zero-order chi connectivity index (χ0) is 23.8. The summed E-state index contributed by atoms with van der Waals surface area (Å²) in [6, 6.07) is 12.2. The molecule has 4 aromatic heterocycles. The van der Waals surface area contributed by atoms with Gasteiger partial charge >= 0.3 is 5.97 Å². The molecule has 172 valence electrons. The van der Waals surface area contributed by atoms with Crippen LogP contribution < -0.4 is 4.74 Å². The Labute approximate surface area is 199 Å². The molecule has 9 heteroatoms. The van der Waals surface area contributed by atoms with Crippen LogP contribution in [0.1, 0.15) is 28.3 Å². The highest BCUT2D eigenvalue weighted by atomic mass is 32.1. The number of ether oxygens (including phenoxy) is 2. The quantitative estimate of drug-likeness (QED) is 0.302. The molecule has 1 atom stereocenters. The maximum Gasteiger partial charge on any atom is 0.351 e. The van der Waals surface area contributed by atoms with E-state index in [0.29, 0.717) is 16.2 Å². The van der Waals surface area contributed by atoms with Crippen molar-refractivity contribution in [3.8, 4) is 27.4 Å². The Bertz CT molecular complexity index is 1500. The van der Waals surface area contributed by atoms with Gasteiger partial charge in [-0.2, -0.15) is 5.10 Å². The Hall–Kier alpha value is -3.98.